The van der Waals surface area contributed by atoms with Crippen LogP contribution in [0.1, 0.15) is 38.7 Å². The highest BCUT2D eigenvalue weighted by Crippen LogP contribution is 2.60. The summed E-state index contributed by atoms with van der Waals surface area (Å²) in [6, 6.07) is 5.34. The van der Waals surface area contributed by atoms with Crippen LogP contribution in [-0.2, 0) is 6.42 Å². The standard InChI is InChI=1S/C17H23ClFN/c1-11(2)20-10-17(8-13-5-14(13)9-17)7-12-3-4-15(19)6-16(12)18/h3-4,6,11,13-14,20H,5,7-10H2,1-2H3. The summed E-state index contributed by atoms with van der Waals surface area (Å²) < 4.78 is 13.2. The van der Waals surface area contributed by atoms with Gasteiger partial charge in [-0.3, -0.25) is 0 Å². The van der Waals surface area contributed by atoms with Crippen LogP contribution in [0.5, 0.6) is 0 Å². The van der Waals surface area contributed by atoms with E-state index in [4.69, 9.17) is 11.6 Å². The predicted octanol–water partition coefficient (Wildman–Crippen LogP) is 4.44. The van der Waals surface area contributed by atoms with Gasteiger partial charge in [-0.15, -0.1) is 0 Å². The molecular formula is C17H23ClFN. The molecular weight excluding hydrogens is 273 g/mol. The molecule has 2 fully saturated rings. The maximum Gasteiger partial charge on any atom is 0.124 e. The largest absolute Gasteiger partial charge is 0.314 e. The summed E-state index contributed by atoms with van der Waals surface area (Å²) in [4.78, 5) is 0. The molecule has 20 heavy (non-hydrogen) atoms. The van der Waals surface area contributed by atoms with E-state index in [-0.39, 0.29) is 5.82 Å². The number of nitrogens with one attached hydrogen (secondary N) is 1. The van der Waals surface area contributed by atoms with Gasteiger partial charge in [-0.2, -0.15) is 0 Å². The fourth-order valence-electron chi connectivity index (χ4n) is 3.85. The Morgan fingerprint density at radius 2 is 2.05 bits per heavy atom. The molecule has 2 atom stereocenters. The van der Waals surface area contributed by atoms with Crippen molar-refractivity contribution >= 4 is 11.6 Å². The lowest BCUT2D eigenvalue weighted by Crippen LogP contribution is -2.38. The number of rotatable bonds is 5. The van der Waals surface area contributed by atoms with Crippen molar-refractivity contribution in [2.45, 2.75) is 45.6 Å². The molecule has 0 bridgehead atoms. The molecule has 0 aliphatic heterocycles. The summed E-state index contributed by atoms with van der Waals surface area (Å²) >= 11 is 6.22. The molecule has 0 spiro atoms. The third kappa shape index (κ3) is 3.01. The molecule has 1 aromatic carbocycles. The lowest BCUT2D eigenvalue weighted by atomic mass is 9.77. The predicted molar refractivity (Wildman–Crippen MR) is 81.5 cm³/mol. The third-order valence-corrected chi connectivity index (χ3v) is 5.28. The van der Waals surface area contributed by atoms with Crippen LogP contribution in [0, 0.1) is 23.1 Å². The van der Waals surface area contributed by atoms with E-state index in [0.29, 0.717) is 16.5 Å². The molecule has 110 valence electrons. The van der Waals surface area contributed by atoms with Gasteiger partial charge in [0, 0.05) is 17.6 Å². The average molecular weight is 296 g/mol. The second kappa shape index (κ2) is 5.31. The van der Waals surface area contributed by atoms with Crippen LogP contribution in [0.4, 0.5) is 4.39 Å². The van der Waals surface area contributed by atoms with Crippen LogP contribution in [-0.4, -0.2) is 12.6 Å². The van der Waals surface area contributed by atoms with Crippen molar-refractivity contribution in [1.29, 1.82) is 0 Å². The minimum Gasteiger partial charge on any atom is -0.314 e. The highest BCUT2D eigenvalue weighted by atomic mass is 35.5. The lowest BCUT2D eigenvalue weighted by Gasteiger charge is -2.33. The molecule has 2 unspecified atom stereocenters. The first-order valence-electron chi connectivity index (χ1n) is 7.65. The van der Waals surface area contributed by atoms with Crippen molar-refractivity contribution in [1.82, 2.24) is 5.32 Å². The van der Waals surface area contributed by atoms with Crippen LogP contribution >= 0.6 is 11.6 Å². The molecule has 0 aromatic heterocycles. The molecule has 2 aliphatic carbocycles. The molecule has 1 nitrogen and oxygen atoms in total. The van der Waals surface area contributed by atoms with E-state index in [1.54, 1.807) is 0 Å². The van der Waals surface area contributed by atoms with Crippen LogP contribution in [0.2, 0.25) is 5.02 Å². The maximum absolute atomic E-state index is 13.2. The van der Waals surface area contributed by atoms with E-state index in [1.165, 1.54) is 31.4 Å². The summed E-state index contributed by atoms with van der Waals surface area (Å²) in [5.74, 6) is 1.62. The van der Waals surface area contributed by atoms with E-state index in [9.17, 15) is 4.39 Å². The van der Waals surface area contributed by atoms with Crippen molar-refractivity contribution < 1.29 is 4.39 Å². The fraction of sp³-hybridized carbons (Fsp3) is 0.647. The molecule has 2 aliphatic rings. The van der Waals surface area contributed by atoms with E-state index >= 15 is 0 Å². The van der Waals surface area contributed by atoms with Gasteiger partial charge in [-0.25, -0.2) is 4.39 Å². The summed E-state index contributed by atoms with van der Waals surface area (Å²) in [7, 11) is 0. The monoisotopic (exact) mass is 295 g/mol. The molecule has 0 saturated heterocycles. The molecule has 0 radical (unpaired) electrons. The van der Waals surface area contributed by atoms with Crippen molar-refractivity contribution in [3.63, 3.8) is 0 Å². The Hall–Kier alpha value is -0.600. The van der Waals surface area contributed by atoms with Gasteiger partial charge in [0.05, 0.1) is 0 Å². The van der Waals surface area contributed by atoms with Gasteiger partial charge in [0.15, 0.2) is 0 Å². The molecule has 3 heteroatoms. The smallest absolute Gasteiger partial charge is 0.124 e. The van der Waals surface area contributed by atoms with Crippen LogP contribution in [0.15, 0.2) is 18.2 Å². The Kier molecular flexibility index (Phi) is 3.81. The summed E-state index contributed by atoms with van der Waals surface area (Å²) in [5.41, 5.74) is 1.42. The average Bonchev–Trinajstić information content (AvgIpc) is 2.99. The maximum atomic E-state index is 13.2. The lowest BCUT2D eigenvalue weighted by molar-refractivity contribution is 0.241. The molecule has 3 rings (SSSR count). The minimum absolute atomic E-state index is 0.248. The Labute approximate surface area is 125 Å². The molecule has 0 heterocycles. The number of fused-ring (bicyclic) bond motifs is 1. The third-order valence-electron chi connectivity index (χ3n) is 4.93. The highest BCUT2D eigenvalue weighted by molar-refractivity contribution is 6.31. The van der Waals surface area contributed by atoms with Crippen LogP contribution < -0.4 is 5.32 Å². The van der Waals surface area contributed by atoms with Gasteiger partial charge in [0.2, 0.25) is 0 Å². The van der Waals surface area contributed by atoms with Gasteiger partial charge in [-0.1, -0.05) is 31.5 Å². The van der Waals surface area contributed by atoms with Crippen molar-refractivity contribution in [2.75, 3.05) is 6.54 Å². The zero-order valence-corrected chi connectivity index (χ0v) is 13.0. The first kappa shape index (κ1) is 14.3. The zero-order valence-electron chi connectivity index (χ0n) is 12.3. The van der Waals surface area contributed by atoms with Gasteiger partial charge < -0.3 is 5.32 Å². The Balaban J connectivity index is 1.76. The zero-order chi connectivity index (χ0) is 14.3. The first-order chi connectivity index (χ1) is 9.47. The quantitative estimate of drug-likeness (QED) is 0.847. The topological polar surface area (TPSA) is 12.0 Å². The SMILES string of the molecule is CC(C)NCC1(Cc2ccc(F)cc2Cl)CC2CC2C1. The van der Waals surface area contributed by atoms with Crippen molar-refractivity contribution in [3.8, 4) is 0 Å². The van der Waals surface area contributed by atoms with E-state index < -0.39 is 0 Å². The van der Waals surface area contributed by atoms with Gasteiger partial charge >= 0.3 is 0 Å². The van der Waals surface area contributed by atoms with Crippen molar-refractivity contribution in [2.24, 2.45) is 17.3 Å². The van der Waals surface area contributed by atoms with E-state index in [2.05, 4.69) is 19.2 Å². The van der Waals surface area contributed by atoms with Gasteiger partial charge in [-0.05, 0) is 60.6 Å². The number of hydrogen-bond acceptors (Lipinski definition) is 1. The summed E-state index contributed by atoms with van der Waals surface area (Å²) in [5, 5.41) is 4.18. The minimum atomic E-state index is -0.248. The molecule has 1 aromatic rings. The number of benzene rings is 1. The Morgan fingerprint density at radius 3 is 2.65 bits per heavy atom. The fourth-order valence-corrected chi connectivity index (χ4v) is 4.08. The summed E-state index contributed by atoms with van der Waals surface area (Å²) in [6.07, 6.45) is 4.98. The molecule has 0 amide bonds. The van der Waals surface area contributed by atoms with Crippen LogP contribution in [0.3, 0.4) is 0 Å². The number of halogens is 2. The molecule has 2 saturated carbocycles. The van der Waals surface area contributed by atoms with E-state index in [1.807, 2.05) is 6.07 Å². The van der Waals surface area contributed by atoms with Gasteiger partial charge in [0.1, 0.15) is 5.82 Å². The normalized spacial score (nSPS) is 31.6. The van der Waals surface area contributed by atoms with Crippen LogP contribution in [0.25, 0.3) is 0 Å². The first-order valence-corrected chi connectivity index (χ1v) is 8.02. The second-order valence-electron chi connectivity index (χ2n) is 7.11. The van der Waals surface area contributed by atoms with Gasteiger partial charge in [0.25, 0.3) is 0 Å². The van der Waals surface area contributed by atoms with Crippen molar-refractivity contribution in [3.05, 3.63) is 34.6 Å². The Morgan fingerprint density at radius 1 is 1.35 bits per heavy atom. The summed E-state index contributed by atoms with van der Waals surface area (Å²) in [6.45, 7) is 5.42. The number of hydrogen-bond donors (Lipinski definition) is 1. The highest BCUT2D eigenvalue weighted by Gasteiger charge is 2.53. The Bertz CT molecular complexity index is 490. The molecule has 1 N–H and O–H groups in total. The second-order valence-corrected chi connectivity index (χ2v) is 7.52. The van der Waals surface area contributed by atoms with E-state index in [0.717, 1.165) is 30.4 Å².